The number of amides is 1. The number of carbonyl (C=O) groups excluding carboxylic acids is 1. The summed E-state index contributed by atoms with van der Waals surface area (Å²) in [5.74, 6) is -0.191. The van der Waals surface area contributed by atoms with Crippen molar-refractivity contribution >= 4 is 22.8 Å². The number of para-hydroxylation sites is 1. The molecule has 2 atom stereocenters. The van der Waals surface area contributed by atoms with Gasteiger partial charge in [0.05, 0.1) is 6.61 Å². The van der Waals surface area contributed by atoms with Crippen LogP contribution in [0.1, 0.15) is 22.3 Å². The van der Waals surface area contributed by atoms with Crippen LogP contribution in [0.5, 0.6) is 5.75 Å². The van der Waals surface area contributed by atoms with E-state index in [4.69, 9.17) is 9.73 Å². The van der Waals surface area contributed by atoms with E-state index in [1.807, 2.05) is 6.07 Å². The lowest BCUT2D eigenvalue weighted by molar-refractivity contribution is -0.275. The monoisotopic (exact) mass is 436 g/mol. The Balaban J connectivity index is 1.71. The first kappa shape index (κ1) is 20.7. The van der Waals surface area contributed by atoms with Crippen molar-refractivity contribution in [2.24, 2.45) is 10.9 Å². The van der Waals surface area contributed by atoms with Crippen LogP contribution in [0, 0.1) is 5.92 Å². The van der Waals surface area contributed by atoms with Gasteiger partial charge in [0.1, 0.15) is 11.3 Å². The topological polar surface area (TPSA) is 59.9 Å². The van der Waals surface area contributed by atoms with Gasteiger partial charge >= 0.3 is 6.36 Å². The fraction of sp³-hybridized carbons (Fsp3) is 0.333. The van der Waals surface area contributed by atoms with Crippen molar-refractivity contribution in [3.63, 3.8) is 0 Å². The van der Waals surface area contributed by atoms with E-state index >= 15 is 0 Å². The molecular weight excluding hydrogens is 417 g/mol. The van der Waals surface area contributed by atoms with Gasteiger partial charge in [-0.25, -0.2) is 0 Å². The third kappa shape index (κ3) is 4.32. The Kier molecular flexibility index (Phi) is 5.75. The minimum Gasteiger partial charge on any atom is -0.405 e. The van der Waals surface area contributed by atoms with Crippen LogP contribution >= 0.6 is 11.8 Å². The van der Waals surface area contributed by atoms with Gasteiger partial charge in [0.2, 0.25) is 0 Å². The molecule has 9 heteroatoms. The SMILES string of the molecule is O=C(NC1=N[C@]2(c3ccccc3OC(F)(F)F)CCOC[C@H]2CS1)c1ccccc1. The molecule has 2 aromatic rings. The second-order valence-electron chi connectivity index (χ2n) is 7.04. The molecule has 0 aromatic heterocycles. The van der Waals surface area contributed by atoms with E-state index in [9.17, 15) is 18.0 Å². The average Bonchev–Trinajstić information content (AvgIpc) is 2.73. The number of alkyl halides is 3. The zero-order valence-electron chi connectivity index (χ0n) is 15.8. The molecule has 0 bridgehead atoms. The number of halogens is 3. The zero-order chi connectivity index (χ0) is 21.2. The second kappa shape index (κ2) is 8.31. The molecule has 2 aliphatic heterocycles. The van der Waals surface area contributed by atoms with Gasteiger partial charge in [-0.3, -0.25) is 9.79 Å². The lowest BCUT2D eigenvalue weighted by atomic mass is 9.75. The third-order valence-electron chi connectivity index (χ3n) is 5.18. The van der Waals surface area contributed by atoms with Crippen LogP contribution in [-0.4, -0.2) is 36.4 Å². The van der Waals surface area contributed by atoms with Crippen LogP contribution in [-0.2, 0) is 10.3 Å². The van der Waals surface area contributed by atoms with Crippen molar-refractivity contribution in [1.29, 1.82) is 0 Å². The Morgan fingerprint density at radius 3 is 2.67 bits per heavy atom. The molecule has 0 saturated carbocycles. The van der Waals surface area contributed by atoms with E-state index in [0.29, 0.717) is 41.7 Å². The largest absolute Gasteiger partial charge is 0.573 e. The quantitative estimate of drug-likeness (QED) is 0.777. The van der Waals surface area contributed by atoms with Gasteiger partial charge in [-0.15, -0.1) is 13.2 Å². The predicted molar refractivity (Wildman–Crippen MR) is 108 cm³/mol. The summed E-state index contributed by atoms with van der Waals surface area (Å²) in [6.45, 7) is 0.724. The fourth-order valence-electron chi connectivity index (χ4n) is 3.80. The summed E-state index contributed by atoms with van der Waals surface area (Å²) in [7, 11) is 0. The van der Waals surface area contributed by atoms with Crippen LogP contribution in [0.4, 0.5) is 13.2 Å². The molecule has 0 radical (unpaired) electrons. The summed E-state index contributed by atoms with van der Waals surface area (Å²) in [6.07, 6.45) is -4.42. The van der Waals surface area contributed by atoms with Crippen LogP contribution in [0.25, 0.3) is 0 Å². The number of amidine groups is 1. The normalized spacial score (nSPS) is 23.8. The van der Waals surface area contributed by atoms with Gasteiger partial charge in [0.25, 0.3) is 5.91 Å². The first-order chi connectivity index (χ1) is 14.4. The number of ether oxygens (including phenoxy) is 2. The molecule has 2 aromatic carbocycles. The van der Waals surface area contributed by atoms with E-state index in [1.165, 1.54) is 23.9 Å². The highest BCUT2D eigenvalue weighted by atomic mass is 32.2. The molecule has 30 heavy (non-hydrogen) atoms. The van der Waals surface area contributed by atoms with Crippen LogP contribution in [0.15, 0.2) is 59.6 Å². The number of rotatable bonds is 3. The maximum atomic E-state index is 13.0. The maximum Gasteiger partial charge on any atom is 0.573 e. The van der Waals surface area contributed by atoms with Crippen molar-refractivity contribution in [3.05, 3.63) is 65.7 Å². The highest BCUT2D eigenvalue weighted by Crippen LogP contribution is 2.48. The summed E-state index contributed by atoms with van der Waals surface area (Å²) < 4.78 is 48.9. The summed E-state index contributed by atoms with van der Waals surface area (Å²) >= 11 is 1.36. The highest BCUT2D eigenvalue weighted by Gasteiger charge is 2.48. The number of fused-ring (bicyclic) bond motifs is 1. The summed E-state index contributed by atoms with van der Waals surface area (Å²) in [4.78, 5) is 17.3. The third-order valence-corrected chi connectivity index (χ3v) is 6.22. The molecule has 0 unspecified atom stereocenters. The van der Waals surface area contributed by atoms with Crippen LogP contribution < -0.4 is 10.1 Å². The lowest BCUT2D eigenvalue weighted by Crippen LogP contribution is -2.48. The minimum atomic E-state index is -4.81. The number of hydrogen-bond acceptors (Lipinski definition) is 5. The van der Waals surface area contributed by atoms with Crippen molar-refractivity contribution in [3.8, 4) is 5.75 Å². The van der Waals surface area contributed by atoms with Crippen LogP contribution in [0.3, 0.4) is 0 Å². The number of hydrogen-bond donors (Lipinski definition) is 1. The highest BCUT2D eigenvalue weighted by molar-refractivity contribution is 8.13. The number of nitrogens with zero attached hydrogens (tertiary/aromatic N) is 1. The first-order valence-corrected chi connectivity index (χ1v) is 10.4. The van der Waals surface area contributed by atoms with Crippen molar-refractivity contribution in [2.75, 3.05) is 19.0 Å². The molecule has 0 spiro atoms. The summed E-state index contributed by atoms with van der Waals surface area (Å²) in [5, 5.41) is 3.18. The average molecular weight is 436 g/mol. The molecule has 4 rings (SSSR count). The molecule has 1 fully saturated rings. The van der Waals surface area contributed by atoms with E-state index in [1.54, 1.807) is 36.4 Å². The van der Waals surface area contributed by atoms with Crippen molar-refractivity contribution in [1.82, 2.24) is 5.32 Å². The molecule has 2 aliphatic rings. The van der Waals surface area contributed by atoms with E-state index < -0.39 is 11.9 Å². The molecule has 158 valence electrons. The number of aliphatic imine (C=N–C) groups is 1. The van der Waals surface area contributed by atoms with Gasteiger partial charge in [-0.05, 0) is 18.2 Å². The molecule has 0 aliphatic carbocycles. The second-order valence-corrected chi connectivity index (χ2v) is 8.05. The molecule has 1 N–H and O–H groups in total. The lowest BCUT2D eigenvalue weighted by Gasteiger charge is -2.44. The van der Waals surface area contributed by atoms with E-state index in [-0.39, 0.29) is 17.6 Å². The summed E-state index contributed by atoms with van der Waals surface area (Å²) in [6, 6.07) is 14.7. The van der Waals surface area contributed by atoms with Crippen molar-refractivity contribution < 1.29 is 27.4 Å². The predicted octanol–water partition coefficient (Wildman–Crippen LogP) is 4.35. The first-order valence-electron chi connectivity index (χ1n) is 9.39. The summed E-state index contributed by atoms with van der Waals surface area (Å²) in [5.41, 5.74) is -0.142. The number of thioether (sulfide) groups is 1. The molecule has 5 nitrogen and oxygen atoms in total. The maximum absolute atomic E-state index is 13.0. The Morgan fingerprint density at radius 1 is 1.17 bits per heavy atom. The molecule has 1 saturated heterocycles. The van der Waals surface area contributed by atoms with Gasteiger partial charge in [0.15, 0.2) is 5.17 Å². The van der Waals surface area contributed by atoms with Gasteiger partial charge < -0.3 is 14.8 Å². The van der Waals surface area contributed by atoms with Crippen molar-refractivity contribution in [2.45, 2.75) is 18.3 Å². The number of benzene rings is 2. The molecule has 2 heterocycles. The fourth-order valence-corrected chi connectivity index (χ4v) is 4.92. The smallest absolute Gasteiger partial charge is 0.405 e. The molecule has 1 amide bonds. The zero-order valence-corrected chi connectivity index (χ0v) is 16.6. The Labute approximate surface area is 175 Å². The standard InChI is InChI=1S/C21H19F3N2O3S/c22-21(23,24)29-17-9-5-4-8-16(17)20-10-11-28-12-15(20)13-30-19(26-20)25-18(27)14-6-2-1-3-7-14/h1-9,15H,10-13H2,(H,25,26,27)/t15-,20+/m0/s1. The van der Waals surface area contributed by atoms with Gasteiger partial charge in [-0.1, -0.05) is 48.2 Å². The molecular formula is C21H19F3N2O3S. The van der Waals surface area contributed by atoms with E-state index in [0.717, 1.165) is 0 Å². The van der Waals surface area contributed by atoms with Crippen LogP contribution in [0.2, 0.25) is 0 Å². The van der Waals surface area contributed by atoms with Gasteiger partial charge in [-0.2, -0.15) is 0 Å². The van der Waals surface area contributed by atoms with E-state index in [2.05, 4.69) is 10.1 Å². The Morgan fingerprint density at radius 2 is 1.90 bits per heavy atom. The Bertz CT molecular complexity index is 952. The Hall–Kier alpha value is -2.52. The number of nitrogens with one attached hydrogen (secondary N) is 1. The van der Waals surface area contributed by atoms with Gasteiger partial charge in [0, 0.05) is 35.8 Å². The minimum absolute atomic E-state index is 0.147. The number of carbonyl (C=O) groups is 1.